The molecule has 0 aliphatic carbocycles. The molecular weight excluding hydrogens is 330 g/mol. The molecule has 2 aromatic rings. The van der Waals surface area contributed by atoms with Gasteiger partial charge in [-0.05, 0) is 29.9 Å². The molecule has 0 radical (unpaired) electrons. The summed E-state index contributed by atoms with van der Waals surface area (Å²) in [5.74, 6) is 0.917. The minimum Gasteiger partial charge on any atom is -0.360 e. The monoisotopic (exact) mass is 357 g/mol. The lowest BCUT2D eigenvalue weighted by atomic mass is 9.91. The number of amides is 2. The molecule has 0 unspecified atom stereocenters. The number of benzene rings is 1. The topological polar surface area (TPSA) is 75.4 Å². The van der Waals surface area contributed by atoms with E-state index in [4.69, 9.17) is 4.52 Å². The minimum atomic E-state index is -0.318. The molecule has 2 rings (SSSR count). The van der Waals surface area contributed by atoms with Gasteiger partial charge in [0.25, 0.3) is 0 Å². The van der Waals surface area contributed by atoms with E-state index in [1.54, 1.807) is 17.9 Å². The normalized spacial score (nSPS) is 11.1. The van der Waals surface area contributed by atoms with Crippen LogP contribution in [-0.2, 0) is 9.59 Å². The van der Waals surface area contributed by atoms with Crippen molar-refractivity contribution in [3.63, 3.8) is 0 Å². The predicted octanol–water partition coefficient (Wildman–Crippen LogP) is 4.22. The first-order chi connectivity index (χ1) is 12.2. The number of hydrogen-bond donors (Lipinski definition) is 1. The quantitative estimate of drug-likeness (QED) is 0.840. The lowest BCUT2D eigenvalue weighted by Crippen LogP contribution is -2.38. The van der Waals surface area contributed by atoms with Gasteiger partial charge in [-0.25, -0.2) is 0 Å². The molecule has 1 N–H and O–H groups in total. The summed E-state index contributed by atoms with van der Waals surface area (Å²) < 4.78 is 4.96. The standard InChI is InChI=1S/C20H27N3O3/c1-12(2)16-8-7-9-17(13(3)4)20(16)23(15(6)24)11-19(25)21-18-10-14(5)26-22-18/h7-10,12-13H,11H2,1-6H3,(H,21,22,25). The number of aromatic nitrogens is 1. The summed E-state index contributed by atoms with van der Waals surface area (Å²) >= 11 is 0. The van der Waals surface area contributed by atoms with Crippen molar-refractivity contribution in [3.05, 3.63) is 41.2 Å². The molecule has 6 nitrogen and oxygen atoms in total. The van der Waals surface area contributed by atoms with Crippen LogP contribution in [0, 0.1) is 6.92 Å². The molecule has 2 amide bonds. The molecule has 1 aromatic heterocycles. The molecule has 0 saturated heterocycles. The van der Waals surface area contributed by atoms with E-state index >= 15 is 0 Å². The molecule has 0 fully saturated rings. The Morgan fingerprint density at radius 2 is 1.73 bits per heavy atom. The van der Waals surface area contributed by atoms with Crippen molar-refractivity contribution in [2.45, 2.75) is 53.4 Å². The van der Waals surface area contributed by atoms with E-state index in [9.17, 15) is 9.59 Å². The molecule has 0 aliphatic heterocycles. The SMILES string of the molecule is CC(=O)N(CC(=O)Nc1cc(C)on1)c1c(C(C)C)cccc1C(C)C. The van der Waals surface area contributed by atoms with Gasteiger partial charge in [-0.3, -0.25) is 9.59 Å². The highest BCUT2D eigenvalue weighted by Crippen LogP contribution is 2.35. The van der Waals surface area contributed by atoms with Crippen molar-refractivity contribution in [1.82, 2.24) is 5.16 Å². The summed E-state index contributed by atoms with van der Waals surface area (Å²) in [5, 5.41) is 6.44. The highest BCUT2D eigenvalue weighted by molar-refractivity contribution is 6.02. The van der Waals surface area contributed by atoms with E-state index in [1.807, 2.05) is 18.2 Å². The molecule has 0 saturated carbocycles. The summed E-state index contributed by atoms with van der Waals surface area (Å²) in [6.07, 6.45) is 0. The van der Waals surface area contributed by atoms with Gasteiger partial charge in [-0.15, -0.1) is 0 Å². The van der Waals surface area contributed by atoms with Gasteiger partial charge in [0.1, 0.15) is 12.3 Å². The Hall–Kier alpha value is -2.63. The van der Waals surface area contributed by atoms with Crippen LogP contribution >= 0.6 is 0 Å². The van der Waals surface area contributed by atoms with Gasteiger partial charge in [-0.1, -0.05) is 51.1 Å². The molecule has 0 aliphatic rings. The van der Waals surface area contributed by atoms with Gasteiger partial charge < -0.3 is 14.7 Å². The number of para-hydroxylation sites is 1. The fraction of sp³-hybridized carbons (Fsp3) is 0.450. The molecule has 0 spiro atoms. The van der Waals surface area contributed by atoms with Gasteiger partial charge in [0.05, 0.1) is 5.69 Å². The number of aryl methyl sites for hydroxylation is 1. The lowest BCUT2D eigenvalue weighted by Gasteiger charge is -2.28. The second-order valence-electron chi connectivity index (χ2n) is 7.07. The maximum atomic E-state index is 12.5. The predicted molar refractivity (Wildman–Crippen MR) is 103 cm³/mol. The average molecular weight is 357 g/mol. The fourth-order valence-electron chi connectivity index (χ4n) is 2.92. The third kappa shape index (κ3) is 4.50. The number of carbonyl (C=O) groups excluding carboxylic acids is 2. The van der Waals surface area contributed by atoms with Crippen LogP contribution in [0.3, 0.4) is 0 Å². The number of carbonyl (C=O) groups is 2. The average Bonchev–Trinajstić information content (AvgIpc) is 2.96. The van der Waals surface area contributed by atoms with Crippen LogP contribution in [0.2, 0.25) is 0 Å². The van der Waals surface area contributed by atoms with Gasteiger partial charge in [0, 0.05) is 13.0 Å². The summed E-state index contributed by atoms with van der Waals surface area (Å²) in [5.41, 5.74) is 2.93. The zero-order chi connectivity index (χ0) is 19.4. The van der Waals surface area contributed by atoms with Gasteiger partial charge in [-0.2, -0.15) is 0 Å². The Labute approximate surface area is 154 Å². The van der Waals surface area contributed by atoms with Crippen LogP contribution in [0.1, 0.15) is 63.3 Å². The number of nitrogens with one attached hydrogen (secondary N) is 1. The first-order valence-electron chi connectivity index (χ1n) is 8.84. The van der Waals surface area contributed by atoms with Crippen molar-refractivity contribution in [2.24, 2.45) is 0 Å². The smallest absolute Gasteiger partial charge is 0.245 e. The first kappa shape index (κ1) is 19.7. The van der Waals surface area contributed by atoms with Gasteiger partial charge in [0.2, 0.25) is 11.8 Å². The Morgan fingerprint density at radius 1 is 1.15 bits per heavy atom. The van der Waals surface area contributed by atoms with E-state index in [2.05, 4.69) is 38.2 Å². The van der Waals surface area contributed by atoms with Crippen LogP contribution < -0.4 is 10.2 Å². The summed E-state index contributed by atoms with van der Waals surface area (Å²) in [6.45, 7) is 11.5. The van der Waals surface area contributed by atoms with Crippen LogP contribution in [-0.4, -0.2) is 23.5 Å². The van der Waals surface area contributed by atoms with Crippen molar-refractivity contribution in [1.29, 1.82) is 0 Å². The number of nitrogens with zero attached hydrogens (tertiary/aromatic N) is 2. The Morgan fingerprint density at radius 3 is 2.15 bits per heavy atom. The van der Waals surface area contributed by atoms with Crippen molar-refractivity contribution in [3.8, 4) is 0 Å². The minimum absolute atomic E-state index is 0.0787. The zero-order valence-corrected chi connectivity index (χ0v) is 16.3. The highest BCUT2D eigenvalue weighted by atomic mass is 16.5. The molecule has 6 heteroatoms. The molecular formula is C20H27N3O3. The number of rotatable bonds is 6. The van der Waals surface area contributed by atoms with Gasteiger partial charge in [0.15, 0.2) is 5.82 Å². The second-order valence-corrected chi connectivity index (χ2v) is 7.07. The maximum Gasteiger partial charge on any atom is 0.245 e. The van der Waals surface area contributed by atoms with Crippen LogP contribution in [0.25, 0.3) is 0 Å². The zero-order valence-electron chi connectivity index (χ0n) is 16.3. The molecule has 1 heterocycles. The van der Waals surface area contributed by atoms with Crippen molar-refractivity contribution < 1.29 is 14.1 Å². The van der Waals surface area contributed by atoms with E-state index in [0.29, 0.717) is 11.6 Å². The Balaban J connectivity index is 2.37. The van der Waals surface area contributed by atoms with E-state index in [1.165, 1.54) is 6.92 Å². The molecule has 26 heavy (non-hydrogen) atoms. The Bertz CT molecular complexity index is 767. The van der Waals surface area contributed by atoms with Crippen molar-refractivity contribution >= 4 is 23.3 Å². The van der Waals surface area contributed by atoms with Crippen LogP contribution in [0.5, 0.6) is 0 Å². The number of hydrogen-bond acceptors (Lipinski definition) is 4. The lowest BCUT2D eigenvalue weighted by molar-refractivity contribution is -0.120. The van der Waals surface area contributed by atoms with Crippen molar-refractivity contribution in [2.75, 3.05) is 16.8 Å². The van der Waals surface area contributed by atoms with Gasteiger partial charge >= 0.3 is 0 Å². The van der Waals surface area contributed by atoms with E-state index < -0.39 is 0 Å². The van der Waals surface area contributed by atoms with Crippen LogP contribution in [0.15, 0.2) is 28.8 Å². The highest BCUT2D eigenvalue weighted by Gasteiger charge is 2.24. The van der Waals surface area contributed by atoms with E-state index in [0.717, 1.165) is 16.8 Å². The first-order valence-corrected chi connectivity index (χ1v) is 8.84. The molecule has 0 bridgehead atoms. The van der Waals surface area contributed by atoms with Crippen LogP contribution in [0.4, 0.5) is 11.5 Å². The third-order valence-electron chi connectivity index (χ3n) is 4.19. The van der Waals surface area contributed by atoms with E-state index in [-0.39, 0.29) is 30.2 Å². The Kier molecular flexibility index (Phi) is 6.18. The molecule has 1 aromatic carbocycles. The third-order valence-corrected chi connectivity index (χ3v) is 4.19. The summed E-state index contributed by atoms with van der Waals surface area (Å²) in [4.78, 5) is 26.4. The maximum absolute atomic E-state index is 12.5. The summed E-state index contributed by atoms with van der Waals surface area (Å²) in [6, 6.07) is 7.67. The number of anilines is 2. The summed E-state index contributed by atoms with van der Waals surface area (Å²) in [7, 11) is 0. The molecule has 140 valence electrons. The fourth-order valence-corrected chi connectivity index (χ4v) is 2.92. The molecule has 0 atom stereocenters. The second kappa shape index (κ2) is 8.17. The largest absolute Gasteiger partial charge is 0.360 e.